The minimum atomic E-state index is -0.672. The van der Waals surface area contributed by atoms with E-state index in [1.165, 1.54) is 32.2 Å². The first-order valence-electron chi connectivity index (χ1n) is 5.88. The van der Waals surface area contributed by atoms with Crippen LogP contribution in [-0.2, 0) is 0 Å². The largest absolute Gasteiger partial charge is 0.496 e. The maximum atomic E-state index is 14.0. The molecule has 0 heterocycles. The van der Waals surface area contributed by atoms with Crippen LogP contribution >= 0.6 is 0 Å². The Balaban J connectivity index is 2.60. The fourth-order valence-corrected chi connectivity index (χ4v) is 1.97. The van der Waals surface area contributed by atoms with Crippen LogP contribution in [0, 0.1) is 18.6 Å². The second-order valence-corrected chi connectivity index (χ2v) is 4.37. The highest BCUT2D eigenvalue weighted by atomic mass is 19.1. The lowest BCUT2D eigenvalue weighted by atomic mass is 9.99. The van der Waals surface area contributed by atoms with Crippen molar-refractivity contribution in [2.75, 3.05) is 12.8 Å². The number of hydrogen-bond donors (Lipinski definition) is 1. The summed E-state index contributed by atoms with van der Waals surface area (Å²) in [6.07, 6.45) is 0. The highest BCUT2D eigenvalue weighted by Crippen LogP contribution is 2.26. The van der Waals surface area contributed by atoms with E-state index in [-0.39, 0.29) is 28.1 Å². The molecule has 0 atom stereocenters. The van der Waals surface area contributed by atoms with Crippen LogP contribution < -0.4 is 10.5 Å². The van der Waals surface area contributed by atoms with Gasteiger partial charge in [0.15, 0.2) is 5.78 Å². The minimum Gasteiger partial charge on any atom is -0.496 e. The van der Waals surface area contributed by atoms with E-state index in [9.17, 15) is 13.6 Å². The Morgan fingerprint density at radius 3 is 2.50 bits per heavy atom. The molecule has 0 radical (unpaired) electrons. The number of nitrogens with two attached hydrogens (primary N) is 1. The Bertz CT molecular complexity index is 684. The number of methoxy groups -OCH3 is 1. The number of carbonyl (C=O) groups excluding carboxylic acids is 1. The van der Waals surface area contributed by atoms with E-state index in [0.717, 1.165) is 12.1 Å². The molecule has 0 aliphatic heterocycles. The molecule has 0 amide bonds. The molecular weight excluding hydrogens is 264 g/mol. The molecule has 0 saturated carbocycles. The van der Waals surface area contributed by atoms with E-state index in [2.05, 4.69) is 0 Å². The van der Waals surface area contributed by atoms with Gasteiger partial charge in [-0.05, 0) is 42.8 Å². The highest BCUT2D eigenvalue weighted by Gasteiger charge is 2.20. The van der Waals surface area contributed by atoms with Crippen molar-refractivity contribution in [2.45, 2.75) is 6.92 Å². The van der Waals surface area contributed by atoms with Crippen molar-refractivity contribution >= 4 is 11.5 Å². The maximum absolute atomic E-state index is 14.0. The van der Waals surface area contributed by atoms with Crippen molar-refractivity contribution < 1.29 is 18.3 Å². The van der Waals surface area contributed by atoms with Crippen molar-refractivity contribution in [1.29, 1.82) is 0 Å². The smallest absolute Gasteiger partial charge is 0.199 e. The molecule has 104 valence electrons. The Morgan fingerprint density at radius 2 is 1.85 bits per heavy atom. The molecule has 2 rings (SSSR count). The van der Waals surface area contributed by atoms with Crippen LogP contribution in [0.15, 0.2) is 30.3 Å². The Hall–Kier alpha value is -2.43. The van der Waals surface area contributed by atoms with Gasteiger partial charge in [0.05, 0.1) is 18.2 Å². The fourth-order valence-electron chi connectivity index (χ4n) is 1.97. The SMILES string of the molecule is COc1ccc(F)cc1C(=O)c1cc(N)cc(C)c1F. The number of aryl methyl sites for hydroxylation is 1. The monoisotopic (exact) mass is 277 g/mol. The molecule has 5 heteroatoms. The van der Waals surface area contributed by atoms with Crippen molar-refractivity contribution in [1.82, 2.24) is 0 Å². The van der Waals surface area contributed by atoms with Gasteiger partial charge >= 0.3 is 0 Å². The van der Waals surface area contributed by atoms with E-state index >= 15 is 0 Å². The second kappa shape index (κ2) is 5.28. The number of ether oxygens (including phenoxy) is 1. The van der Waals surface area contributed by atoms with Crippen molar-refractivity contribution in [3.63, 3.8) is 0 Å². The average Bonchev–Trinajstić information content (AvgIpc) is 2.42. The summed E-state index contributed by atoms with van der Waals surface area (Å²) in [6.45, 7) is 1.51. The molecular formula is C15H13F2NO2. The first-order chi connectivity index (χ1) is 9.43. The van der Waals surface area contributed by atoms with E-state index in [0.29, 0.717) is 0 Å². The Labute approximate surface area is 115 Å². The lowest BCUT2D eigenvalue weighted by molar-refractivity contribution is 0.103. The fraction of sp³-hybridized carbons (Fsp3) is 0.133. The quantitative estimate of drug-likeness (QED) is 0.693. The molecule has 0 spiro atoms. The van der Waals surface area contributed by atoms with E-state index in [1.807, 2.05) is 0 Å². The number of anilines is 1. The lowest BCUT2D eigenvalue weighted by Gasteiger charge is -2.10. The van der Waals surface area contributed by atoms with Gasteiger partial charge in [-0.15, -0.1) is 0 Å². The summed E-state index contributed by atoms with van der Waals surface area (Å²) in [5.74, 6) is -1.77. The first-order valence-corrected chi connectivity index (χ1v) is 5.88. The number of hydrogen-bond acceptors (Lipinski definition) is 3. The lowest BCUT2D eigenvalue weighted by Crippen LogP contribution is -2.09. The molecule has 0 aliphatic carbocycles. The molecule has 20 heavy (non-hydrogen) atoms. The third-order valence-electron chi connectivity index (χ3n) is 2.93. The van der Waals surface area contributed by atoms with Crippen LogP contribution in [0.2, 0.25) is 0 Å². The Kier molecular flexibility index (Phi) is 3.70. The van der Waals surface area contributed by atoms with E-state index in [4.69, 9.17) is 10.5 Å². The van der Waals surface area contributed by atoms with Gasteiger partial charge in [0, 0.05) is 5.69 Å². The minimum absolute atomic E-state index is 0.0450. The number of halogens is 2. The molecule has 0 fully saturated rings. The standard InChI is InChI=1S/C15H13F2NO2/c1-8-5-10(18)7-12(14(8)17)15(19)11-6-9(16)3-4-13(11)20-2/h3-7H,18H2,1-2H3. The van der Waals surface area contributed by atoms with Gasteiger partial charge in [0.25, 0.3) is 0 Å². The normalized spacial score (nSPS) is 10.4. The van der Waals surface area contributed by atoms with Gasteiger partial charge in [-0.3, -0.25) is 4.79 Å². The number of ketones is 1. The van der Waals surface area contributed by atoms with Gasteiger partial charge in [0.1, 0.15) is 17.4 Å². The zero-order valence-corrected chi connectivity index (χ0v) is 11.0. The average molecular weight is 277 g/mol. The third-order valence-corrected chi connectivity index (χ3v) is 2.93. The first kappa shape index (κ1) is 14.0. The van der Waals surface area contributed by atoms with Crippen LogP contribution in [0.4, 0.5) is 14.5 Å². The summed E-state index contributed by atoms with van der Waals surface area (Å²) >= 11 is 0. The molecule has 0 unspecified atom stereocenters. The second-order valence-electron chi connectivity index (χ2n) is 4.37. The summed E-state index contributed by atoms with van der Waals surface area (Å²) in [5, 5.41) is 0. The van der Waals surface area contributed by atoms with E-state index in [1.54, 1.807) is 0 Å². The van der Waals surface area contributed by atoms with Crippen LogP contribution in [0.5, 0.6) is 5.75 Å². The maximum Gasteiger partial charge on any atom is 0.199 e. The predicted octanol–water partition coefficient (Wildman–Crippen LogP) is 3.10. The third kappa shape index (κ3) is 2.47. The number of benzene rings is 2. The topological polar surface area (TPSA) is 52.3 Å². The number of nitrogen functional groups attached to an aromatic ring is 1. The molecule has 0 bridgehead atoms. The van der Waals surface area contributed by atoms with Gasteiger partial charge in [-0.1, -0.05) is 0 Å². The number of carbonyl (C=O) groups is 1. The van der Waals surface area contributed by atoms with Crippen molar-refractivity contribution in [3.05, 3.63) is 58.7 Å². The summed E-state index contributed by atoms with van der Waals surface area (Å²) in [4.78, 5) is 12.4. The van der Waals surface area contributed by atoms with Gasteiger partial charge in [0.2, 0.25) is 0 Å². The van der Waals surface area contributed by atoms with Crippen LogP contribution in [0.25, 0.3) is 0 Å². The molecule has 2 N–H and O–H groups in total. The van der Waals surface area contributed by atoms with Crippen molar-refractivity contribution in [2.24, 2.45) is 0 Å². The van der Waals surface area contributed by atoms with Crippen LogP contribution in [-0.4, -0.2) is 12.9 Å². The van der Waals surface area contributed by atoms with E-state index < -0.39 is 17.4 Å². The highest BCUT2D eigenvalue weighted by molar-refractivity contribution is 6.11. The molecule has 0 aliphatic rings. The predicted molar refractivity (Wildman–Crippen MR) is 71.9 cm³/mol. The molecule has 2 aromatic rings. The van der Waals surface area contributed by atoms with Crippen LogP contribution in [0.1, 0.15) is 21.5 Å². The van der Waals surface area contributed by atoms with Crippen LogP contribution in [0.3, 0.4) is 0 Å². The summed E-state index contributed by atoms with van der Waals surface area (Å²) in [7, 11) is 1.35. The van der Waals surface area contributed by atoms with Gasteiger partial charge in [-0.25, -0.2) is 8.78 Å². The van der Waals surface area contributed by atoms with Gasteiger partial charge < -0.3 is 10.5 Å². The Morgan fingerprint density at radius 1 is 1.15 bits per heavy atom. The molecule has 3 nitrogen and oxygen atoms in total. The molecule has 0 saturated heterocycles. The van der Waals surface area contributed by atoms with Crippen molar-refractivity contribution in [3.8, 4) is 5.75 Å². The molecule has 0 aromatic heterocycles. The van der Waals surface area contributed by atoms with Gasteiger partial charge in [-0.2, -0.15) is 0 Å². The zero-order chi connectivity index (χ0) is 14.9. The zero-order valence-electron chi connectivity index (χ0n) is 11.0. The summed E-state index contributed by atoms with van der Waals surface area (Å²) in [6, 6.07) is 6.15. The molecule has 2 aromatic carbocycles. The summed E-state index contributed by atoms with van der Waals surface area (Å²) in [5.41, 5.74) is 5.89. The summed E-state index contributed by atoms with van der Waals surface area (Å²) < 4.78 is 32.3. The number of rotatable bonds is 3.